The van der Waals surface area contributed by atoms with E-state index in [1.54, 1.807) is 0 Å². The van der Waals surface area contributed by atoms with Gasteiger partial charge < -0.3 is 15.0 Å². The Morgan fingerprint density at radius 3 is 3.08 bits per heavy atom. The van der Waals surface area contributed by atoms with Crippen LogP contribution in [0.2, 0.25) is 0 Å². The number of fused-ring (bicyclic) bond motifs is 1. The molecule has 0 aliphatic carbocycles. The number of benzene rings is 1. The van der Waals surface area contributed by atoms with E-state index in [0.717, 1.165) is 63.3 Å². The Morgan fingerprint density at radius 2 is 2.29 bits per heavy atom. The fraction of sp³-hybridized carbons (Fsp3) is 0.632. The molecule has 2 aliphatic rings. The molecule has 1 unspecified atom stereocenters. The van der Waals surface area contributed by atoms with E-state index in [1.807, 2.05) is 0 Å². The van der Waals surface area contributed by atoms with E-state index in [0.29, 0.717) is 0 Å². The van der Waals surface area contributed by atoms with Gasteiger partial charge in [-0.1, -0.05) is 19.1 Å². The number of hydrogen-bond donors (Lipinski definition) is 1. The molecule has 2 heterocycles. The Hall–Kier alpha value is -0.980. The molecule has 1 N–H and O–H groups in total. The Labute approximate surface area is 163 Å². The maximum Gasteiger partial charge on any atom is 0.193 e. The molecule has 0 saturated carbocycles. The number of piperidine rings is 1. The van der Waals surface area contributed by atoms with Gasteiger partial charge in [-0.15, -0.1) is 24.0 Å². The maximum absolute atomic E-state index is 5.57. The standard InChI is InChI=1S/C19H29N3O.HI/c1-3-20-19(22-11-4-5-15(2)14-22)21-10-8-16-6-7-18-17(13-16)9-12-23-18;/h6-7,13,15H,3-5,8-12,14H2,1-2H3,(H,20,21);1H. The summed E-state index contributed by atoms with van der Waals surface area (Å²) in [6.07, 6.45) is 4.65. The van der Waals surface area contributed by atoms with Crippen molar-refractivity contribution in [1.29, 1.82) is 0 Å². The minimum Gasteiger partial charge on any atom is -0.493 e. The zero-order valence-electron chi connectivity index (χ0n) is 14.9. The van der Waals surface area contributed by atoms with Gasteiger partial charge in [0.05, 0.1) is 6.61 Å². The van der Waals surface area contributed by atoms with Gasteiger partial charge in [-0.05, 0) is 49.3 Å². The summed E-state index contributed by atoms with van der Waals surface area (Å²) < 4.78 is 5.57. The molecular formula is C19H30IN3O. The molecule has 1 fully saturated rings. The molecule has 3 rings (SSSR count). The maximum atomic E-state index is 5.57. The van der Waals surface area contributed by atoms with Crippen molar-refractivity contribution < 1.29 is 4.74 Å². The van der Waals surface area contributed by atoms with E-state index in [2.05, 4.69) is 42.3 Å². The summed E-state index contributed by atoms with van der Waals surface area (Å²) in [5.41, 5.74) is 2.71. The van der Waals surface area contributed by atoms with Crippen LogP contribution in [0.15, 0.2) is 23.2 Å². The molecule has 1 saturated heterocycles. The molecule has 24 heavy (non-hydrogen) atoms. The number of likely N-dealkylation sites (tertiary alicyclic amines) is 1. The van der Waals surface area contributed by atoms with Gasteiger partial charge in [0.2, 0.25) is 0 Å². The first-order chi connectivity index (χ1) is 11.3. The predicted octanol–water partition coefficient (Wildman–Crippen LogP) is 3.48. The number of halogens is 1. The van der Waals surface area contributed by atoms with Crippen LogP contribution in [0.5, 0.6) is 5.75 Å². The minimum absolute atomic E-state index is 0. The summed E-state index contributed by atoms with van der Waals surface area (Å²) in [5, 5.41) is 3.46. The van der Waals surface area contributed by atoms with Gasteiger partial charge in [0.1, 0.15) is 5.75 Å². The van der Waals surface area contributed by atoms with Crippen LogP contribution in [0.1, 0.15) is 37.8 Å². The number of nitrogens with zero attached hydrogens (tertiary/aromatic N) is 2. The van der Waals surface area contributed by atoms with Crippen molar-refractivity contribution in [2.24, 2.45) is 10.9 Å². The Balaban J connectivity index is 0.00000208. The van der Waals surface area contributed by atoms with Gasteiger partial charge in [0.25, 0.3) is 0 Å². The second-order valence-electron chi connectivity index (χ2n) is 6.72. The second-order valence-corrected chi connectivity index (χ2v) is 6.72. The van der Waals surface area contributed by atoms with Crippen molar-refractivity contribution in [1.82, 2.24) is 10.2 Å². The molecule has 0 radical (unpaired) electrons. The highest BCUT2D eigenvalue weighted by molar-refractivity contribution is 14.0. The molecular weight excluding hydrogens is 413 g/mol. The number of ether oxygens (including phenoxy) is 1. The average molecular weight is 443 g/mol. The van der Waals surface area contributed by atoms with Crippen LogP contribution in [0.4, 0.5) is 0 Å². The third-order valence-corrected chi connectivity index (χ3v) is 4.71. The average Bonchev–Trinajstić information content (AvgIpc) is 3.02. The zero-order valence-corrected chi connectivity index (χ0v) is 17.2. The lowest BCUT2D eigenvalue weighted by atomic mass is 10.0. The van der Waals surface area contributed by atoms with Gasteiger partial charge in [-0.3, -0.25) is 4.99 Å². The van der Waals surface area contributed by atoms with Crippen molar-refractivity contribution in [3.05, 3.63) is 29.3 Å². The number of nitrogens with one attached hydrogen (secondary N) is 1. The predicted molar refractivity (Wildman–Crippen MR) is 111 cm³/mol. The van der Waals surface area contributed by atoms with Crippen molar-refractivity contribution in [3.8, 4) is 5.75 Å². The lowest BCUT2D eigenvalue weighted by Gasteiger charge is -2.33. The van der Waals surface area contributed by atoms with Crippen LogP contribution in [0.3, 0.4) is 0 Å². The highest BCUT2D eigenvalue weighted by Gasteiger charge is 2.19. The highest BCUT2D eigenvalue weighted by atomic mass is 127. The zero-order chi connectivity index (χ0) is 16.1. The molecule has 0 bridgehead atoms. The first-order valence-electron chi connectivity index (χ1n) is 9.04. The third kappa shape index (κ3) is 5.01. The Morgan fingerprint density at radius 1 is 1.42 bits per heavy atom. The van der Waals surface area contributed by atoms with Gasteiger partial charge in [0, 0.05) is 32.6 Å². The van der Waals surface area contributed by atoms with Crippen LogP contribution in [0.25, 0.3) is 0 Å². The van der Waals surface area contributed by atoms with Gasteiger partial charge in [-0.2, -0.15) is 0 Å². The fourth-order valence-electron chi connectivity index (χ4n) is 3.49. The van der Waals surface area contributed by atoms with E-state index >= 15 is 0 Å². The summed E-state index contributed by atoms with van der Waals surface area (Å²) >= 11 is 0. The lowest BCUT2D eigenvalue weighted by Crippen LogP contribution is -2.46. The molecule has 0 amide bonds. The smallest absolute Gasteiger partial charge is 0.193 e. The number of rotatable bonds is 4. The number of guanidine groups is 1. The molecule has 1 atom stereocenters. The van der Waals surface area contributed by atoms with Gasteiger partial charge >= 0.3 is 0 Å². The fourth-order valence-corrected chi connectivity index (χ4v) is 3.49. The second kappa shape index (κ2) is 9.49. The topological polar surface area (TPSA) is 36.9 Å². The van der Waals surface area contributed by atoms with Gasteiger partial charge in [0.15, 0.2) is 5.96 Å². The first kappa shape index (κ1) is 19.3. The normalized spacial score (nSPS) is 20.2. The van der Waals surface area contributed by atoms with Crippen LogP contribution in [-0.4, -0.2) is 43.6 Å². The van der Waals surface area contributed by atoms with E-state index in [4.69, 9.17) is 9.73 Å². The molecule has 2 aliphatic heterocycles. The number of aliphatic imine (C=N–C) groups is 1. The summed E-state index contributed by atoms with van der Waals surface area (Å²) in [4.78, 5) is 7.29. The quantitative estimate of drug-likeness (QED) is 0.440. The van der Waals surface area contributed by atoms with Crippen LogP contribution < -0.4 is 10.1 Å². The number of hydrogen-bond acceptors (Lipinski definition) is 2. The molecule has 0 spiro atoms. The Kier molecular flexibility index (Phi) is 7.65. The third-order valence-electron chi connectivity index (χ3n) is 4.71. The van der Waals surface area contributed by atoms with Crippen LogP contribution in [0, 0.1) is 5.92 Å². The summed E-state index contributed by atoms with van der Waals surface area (Å²) in [7, 11) is 0. The van der Waals surface area contributed by atoms with Crippen molar-refractivity contribution in [2.45, 2.75) is 39.5 Å². The van der Waals surface area contributed by atoms with E-state index in [9.17, 15) is 0 Å². The summed E-state index contributed by atoms with van der Waals surface area (Å²) in [5.74, 6) is 2.92. The molecule has 1 aromatic carbocycles. The van der Waals surface area contributed by atoms with Crippen LogP contribution >= 0.6 is 24.0 Å². The van der Waals surface area contributed by atoms with Gasteiger partial charge in [-0.25, -0.2) is 0 Å². The SMILES string of the molecule is CCNC(=NCCc1ccc2c(c1)CCO2)N1CCCC(C)C1.I. The Bertz CT molecular complexity index is 562. The molecule has 5 heteroatoms. The van der Waals surface area contributed by atoms with Crippen molar-refractivity contribution >= 4 is 29.9 Å². The molecule has 4 nitrogen and oxygen atoms in total. The summed E-state index contributed by atoms with van der Waals surface area (Å²) in [6.45, 7) is 9.33. The highest BCUT2D eigenvalue weighted by Crippen LogP contribution is 2.26. The van der Waals surface area contributed by atoms with Crippen molar-refractivity contribution in [2.75, 3.05) is 32.8 Å². The molecule has 0 aromatic heterocycles. The van der Waals surface area contributed by atoms with E-state index in [-0.39, 0.29) is 24.0 Å². The van der Waals surface area contributed by atoms with E-state index in [1.165, 1.54) is 24.0 Å². The lowest BCUT2D eigenvalue weighted by molar-refractivity contribution is 0.266. The molecule has 134 valence electrons. The van der Waals surface area contributed by atoms with E-state index < -0.39 is 0 Å². The van der Waals surface area contributed by atoms with Crippen LogP contribution in [-0.2, 0) is 12.8 Å². The minimum atomic E-state index is 0. The molecule has 1 aromatic rings. The van der Waals surface area contributed by atoms with Crippen molar-refractivity contribution in [3.63, 3.8) is 0 Å². The summed E-state index contributed by atoms with van der Waals surface area (Å²) in [6, 6.07) is 6.57. The first-order valence-corrected chi connectivity index (χ1v) is 9.04. The monoisotopic (exact) mass is 443 g/mol. The largest absolute Gasteiger partial charge is 0.493 e.